The molecule has 1 N–H and O–H groups in total. The Hall–Kier alpha value is -2.56. The van der Waals surface area contributed by atoms with Gasteiger partial charge < -0.3 is 14.6 Å². The number of aromatic nitrogens is 1. The molecule has 0 spiro atoms. The minimum Gasteiger partial charge on any atom is -0.493 e. The number of benzene rings is 1. The van der Waals surface area contributed by atoms with E-state index in [0.29, 0.717) is 19.6 Å². The molecule has 0 saturated carbocycles. The van der Waals surface area contributed by atoms with Crippen LogP contribution < -0.4 is 10.3 Å². The summed E-state index contributed by atoms with van der Waals surface area (Å²) in [6.07, 6.45) is 0.693. The number of pyridine rings is 1. The van der Waals surface area contributed by atoms with E-state index in [1.54, 1.807) is 18.0 Å². The van der Waals surface area contributed by atoms with Crippen LogP contribution in [-0.2, 0) is 0 Å². The smallest absolute Gasteiger partial charge is 0.261 e. The first-order valence-electron chi connectivity index (χ1n) is 8.46. The highest BCUT2D eigenvalue weighted by atomic mass is 16.5. The minimum absolute atomic E-state index is 0.182. The van der Waals surface area contributed by atoms with E-state index in [4.69, 9.17) is 4.74 Å². The Morgan fingerprint density at radius 1 is 1.12 bits per heavy atom. The van der Waals surface area contributed by atoms with Gasteiger partial charge in [0.1, 0.15) is 11.3 Å². The van der Waals surface area contributed by atoms with Crippen molar-refractivity contribution in [3.63, 3.8) is 0 Å². The summed E-state index contributed by atoms with van der Waals surface area (Å²) in [4.78, 5) is 28.7. The molecule has 134 valence electrons. The summed E-state index contributed by atoms with van der Waals surface area (Å²) in [5, 5.41) is 0. The van der Waals surface area contributed by atoms with E-state index >= 15 is 0 Å². The lowest BCUT2D eigenvalue weighted by Gasteiger charge is -2.18. The van der Waals surface area contributed by atoms with Gasteiger partial charge in [0.25, 0.3) is 11.5 Å². The maximum atomic E-state index is 12.5. The standard InChI is InChI=1S/C20H26N2O3/c1-13-8-6-9-14(2)18(13)25-11-7-10-22(5)20(24)17-12-15(3)16(4)21-19(17)23/h6,8-9,12H,7,10-11H2,1-5H3,(H,21,23). The number of nitrogens with one attached hydrogen (secondary N) is 1. The molecule has 5 heteroatoms. The van der Waals surface area contributed by atoms with Gasteiger partial charge in [-0.2, -0.15) is 0 Å². The van der Waals surface area contributed by atoms with E-state index in [1.807, 2.05) is 45.9 Å². The molecule has 5 nitrogen and oxygen atoms in total. The number of H-pyrrole nitrogens is 1. The van der Waals surface area contributed by atoms with Crippen molar-refractivity contribution in [1.82, 2.24) is 9.88 Å². The molecule has 0 aliphatic rings. The number of rotatable bonds is 6. The number of hydrogen-bond acceptors (Lipinski definition) is 3. The predicted molar refractivity (Wildman–Crippen MR) is 99.5 cm³/mol. The second-order valence-corrected chi connectivity index (χ2v) is 6.47. The van der Waals surface area contributed by atoms with Gasteiger partial charge in [-0.3, -0.25) is 9.59 Å². The third kappa shape index (κ3) is 4.50. The summed E-state index contributed by atoms with van der Waals surface area (Å²) in [6, 6.07) is 7.69. The first-order valence-corrected chi connectivity index (χ1v) is 8.46. The zero-order chi connectivity index (χ0) is 18.6. The Kier molecular flexibility index (Phi) is 6.02. The average molecular weight is 342 g/mol. The van der Waals surface area contributed by atoms with Crippen LogP contribution in [0.2, 0.25) is 0 Å². The zero-order valence-corrected chi connectivity index (χ0v) is 15.6. The molecule has 0 aliphatic heterocycles. The number of para-hydroxylation sites is 1. The van der Waals surface area contributed by atoms with Crippen molar-refractivity contribution in [3.8, 4) is 5.75 Å². The summed E-state index contributed by atoms with van der Waals surface area (Å²) in [7, 11) is 1.70. The van der Waals surface area contributed by atoms with Crippen LogP contribution in [0.25, 0.3) is 0 Å². The lowest BCUT2D eigenvalue weighted by atomic mass is 10.1. The van der Waals surface area contributed by atoms with Crippen LogP contribution in [0, 0.1) is 27.7 Å². The Morgan fingerprint density at radius 3 is 2.40 bits per heavy atom. The Morgan fingerprint density at radius 2 is 1.76 bits per heavy atom. The van der Waals surface area contributed by atoms with E-state index in [0.717, 1.165) is 28.1 Å². The molecule has 25 heavy (non-hydrogen) atoms. The van der Waals surface area contributed by atoms with Crippen molar-refractivity contribution >= 4 is 5.91 Å². The van der Waals surface area contributed by atoms with Crippen LogP contribution >= 0.6 is 0 Å². The summed E-state index contributed by atoms with van der Waals surface area (Å²) in [5.74, 6) is 0.638. The SMILES string of the molecule is Cc1cc(C(=O)N(C)CCCOc2c(C)cccc2C)c(=O)[nH]c1C. The van der Waals surface area contributed by atoms with E-state index in [9.17, 15) is 9.59 Å². The molecule has 2 aromatic rings. The van der Waals surface area contributed by atoms with Gasteiger partial charge in [0, 0.05) is 19.3 Å². The molecule has 1 aromatic heterocycles. The van der Waals surface area contributed by atoms with Crippen LogP contribution in [-0.4, -0.2) is 36.0 Å². The van der Waals surface area contributed by atoms with Gasteiger partial charge in [0.2, 0.25) is 0 Å². The van der Waals surface area contributed by atoms with E-state index in [2.05, 4.69) is 4.98 Å². The zero-order valence-electron chi connectivity index (χ0n) is 15.6. The van der Waals surface area contributed by atoms with Gasteiger partial charge >= 0.3 is 0 Å². The second-order valence-electron chi connectivity index (χ2n) is 6.47. The molecule has 0 atom stereocenters. The molecule has 0 fully saturated rings. The van der Waals surface area contributed by atoms with Crippen molar-refractivity contribution in [2.24, 2.45) is 0 Å². The van der Waals surface area contributed by atoms with E-state index in [-0.39, 0.29) is 17.0 Å². The molecular weight excluding hydrogens is 316 g/mol. The van der Waals surface area contributed by atoms with Crippen LogP contribution in [0.5, 0.6) is 5.75 Å². The van der Waals surface area contributed by atoms with Gasteiger partial charge in [0.15, 0.2) is 0 Å². The Labute approximate surface area is 148 Å². The van der Waals surface area contributed by atoms with Gasteiger partial charge in [0.05, 0.1) is 6.61 Å². The predicted octanol–water partition coefficient (Wildman–Crippen LogP) is 3.15. The van der Waals surface area contributed by atoms with Gasteiger partial charge in [-0.25, -0.2) is 0 Å². The fraction of sp³-hybridized carbons (Fsp3) is 0.400. The first-order chi connectivity index (χ1) is 11.8. The van der Waals surface area contributed by atoms with Crippen molar-refractivity contribution in [1.29, 1.82) is 0 Å². The Bertz CT molecular complexity index is 804. The lowest BCUT2D eigenvalue weighted by Crippen LogP contribution is -2.33. The molecule has 1 heterocycles. The quantitative estimate of drug-likeness (QED) is 0.820. The number of aromatic amines is 1. The van der Waals surface area contributed by atoms with E-state index < -0.39 is 0 Å². The number of carbonyl (C=O) groups excluding carboxylic acids is 1. The topological polar surface area (TPSA) is 62.4 Å². The van der Waals surface area contributed by atoms with E-state index in [1.165, 1.54) is 0 Å². The molecule has 1 aromatic carbocycles. The molecule has 1 amide bonds. The number of nitrogens with zero attached hydrogens (tertiary/aromatic N) is 1. The third-order valence-electron chi connectivity index (χ3n) is 4.37. The van der Waals surface area contributed by atoms with Crippen LogP contribution in [0.3, 0.4) is 0 Å². The molecule has 2 rings (SSSR count). The van der Waals surface area contributed by atoms with Gasteiger partial charge in [-0.1, -0.05) is 18.2 Å². The summed E-state index contributed by atoms with van der Waals surface area (Å²) < 4.78 is 5.86. The molecule has 0 saturated heterocycles. The third-order valence-corrected chi connectivity index (χ3v) is 4.37. The first kappa shape index (κ1) is 18.8. The minimum atomic E-state index is -0.341. The fourth-order valence-corrected chi connectivity index (χ4v) is 2.70. The maximum Gasteiger partial charge on any atom is 0.261 e. The molecule has 0 unspecified atom stereocenters. The van der Waals surface area contributed by atoms with Crippen molar-refractivity contribution in [2.75, 3.05) is 20.2 Å². The molecular formula is C20H26N2O3. The maximum absolute atomic E-state index is 12.5. The number of carbonyl (C=O) groups is 1. The number of amides is 1. The van der Waals surface area contributed by atoms with Crippen LogP contribution in [0.1, 0.15) is 39.2 Å². The number of hydrogen-bond donors (Lipinski definition) is 1. The normalized spacial score (nSPS) is 10.6. The van der Waals surface area contributed by atoms with Crippen molar-refractivity contribution in [3.05, 3.63) is 62.6 Å². The summed E-state index contributed by atoms with van der Waals surface area (Å²) >= 11 is 0. The number of ether oxygens (including phenoxy) is 1. The molecule has 0 aliphatic carbocycles. The van der Waals surface area contributed by atoms with Gasteiger partial charge in [-0.05, 0) is 56.9 Å². The largest absolute Gasteiger partial charge is 0.493 e. The highest BCUT2D eigenvalue weighted by molar-refractivity contribution is 5.93. The highest BCUT2D eigenvalue weighted by Crippen LogP contribution is 2.22. The van der Waals surface area contributed by atoms with Crippen LogP contribution in [0.15, 0.2) is 29.1 Å². The highest BCUT2D eigenvalue weighted by Gasteiger charge is 2.16. The fourth-order valence-electron chi connectivity index (χ4n) is 2.70. The van der Waals surface area contributed by atoms with Crippen LogP contribution in [0.4, 0.5) is 0 Å². The summed E-state index contributed by atoms with van der Waals surface area (Å²) in [5.41, 5.74) is 3.73. The second kappa shape index (κ2) is 8.01. The van der Waals surface area contributed by atoms with Crippen molar-refractivity contribution in [2.45, 2.75) is 34.1 Å². The summed E-state index contributed by atoms with van der Waals surface area (Å²) in [6.45, 7) is 8.77. The lowest BCUT2D eigenvalue weighted by molar-refractivity contribution is 0.0786. The Balaban J connectivity index is 1.92. The molecule has 0 bridgehead atoms. The number of aryl methyl sites for hydroxylation is 4. The average Bonchev–Trinajstić information content (AvgIpc) is 2.56. The molecule has 0 radical (unpaired) electrons. The van der Waals surface area contributed by atoms with Gasteiger partial charge in [-0.15, -0.1) is 0 Å². The monoisotopic (exact) mass is 342 g/mol. The van der Waals surface area contributed by atoms with Crippen molar-refractivity contribution < 1.29 is 9.53 Å².